The molecule has 1 aliphatic carbocycles. The van der Waals surface area contributed by atoms with Crippen LogP contribution in [0, 0.1) is 0 Å². The number of allylic oxidation sites excluding steroid dienone is 2. The standard InChI is InChI=1S/C25H28N2O4S/c1-25(2,3)31-24(28)27-13-11-18(12-14-27)21-9-10-23-22(21)15-19(16-26-23)17-5-7-20(8-6-17)32(4,29)30/h5-9,11,15-16H,10,12-14H2,1-4H3. The summed E-state index contributed by atoms with van der Waals surface area (Å²) in [5, 5.41) is 0. The van der Waals surface area contributed by atoms with Gasteiger partial charge in [0.05, 0.1) is 10.6 Å². The fourth-order valence-corrected chi connectivity index (χ4v) is 4.59. The van der Waals surface area contributed by atoms with Crippen molar-refractivity contribution in [2.24, 2.45) is 0 Å². The molecule has 168 valence electrons. The van der Waals surface area contributed by atoms with Crippen LogP contribution in [0.15, 0.2) is 59.1 Å². The fourth-order valence-electron chi connectivity index (χ4n) is 3.96. The number of hydrogen-bond donors (Lipinski definition) is 0. The van der Waals surface area contributed by atoms with E-state index in [0.29, 0.717) is 18.0 Å². The van der Waals surface area contributed by atoms with Crippen molar-refractivity contribution in [3.63, 3.8) is 0 Å². The van der Waals surface area contributed by atoms with Crippen LogP contribution in [0.2, 0.25) is 0 Å². The topological polar surface area (TPSA) is 76.6 Å². The highest BCUT2D eigenvalue weighted by Gasteiger charge is 2.26. The Labute approximate surface area is 189 Å². The van der Waals surface area contributed by atoms with Crippen LogP contribution in [0.5, 0.6) is 0 Å². The second-order valence-corrected chi connectivity index (χ2v) is 11.3. The van der Waals surface area contributed by atoms with E-state index in [9.17, 15) is 13.2 Å². The van der Waals surface area contributed by atoms with Crippen molar-refractivity contribution < 1.29 is 17.9 Å². The maximum absolute atomic E-state index is 12.3. The van der Waals surface area contributed by atoms with Crippen LogP contribution in [0.25, 0.3) is 16.7 Å². The SMILES string of the molecule is CC(C)(C)OC(=O)N1CC=C(C2=CCc3ncc(-c4ccc(S(C)(=O)=O)cc4)cc32)CC1. The number of carbonyl (C=O) groups is 1. The predicted molar refractivity (Wildman–Crippen MR) is 125 cm³/mol. The lowest BCUT2D eigenvalue weighted by atomic mass is 9.94. The van der Waals surface area contributed by atoms with Gasteiger partial charge in [0.25, 0.3) is 0 Å². The van der Waals surface area contributed by atoms with Gasteiger partial charge in [-0.25, -0.2) is 13.2 Å². The molecule has 0 unspecified atom stereocenters. The van der Waals surface area contributed by atoms with Crippen LogP contribution >= 0.6 is 0 Å². The first-order valence-corrected chi connectivity index (χ1v) is 12.6. The van der Waals surface area contributed by atoms with Gasteiger partial charge >= 0.3 is 6.09 Å². The summed E-state index contributed by atoms with van der Waals surface area (Å²) in [4.78, 5) is 19.0. The zero-order chi connectivity index (χ0) is 23.1. The minimum Gasteiger partial charge on any atom is -0.444 e. The summed E-state index contributed by atoms with van der Waals surface area (Å²) >= 11 is 0. The number of rotatable bonds is 3. The zero-order valence-electron chi connectivity index (χ0n) is 18.9. The number of ether oxygens (including phenoxy) is 1. The van der Waals surface area contributed by atoms with Gasteiger partial charge in [-0.3, -0.25) is 4.98 Å². The van der Waals surface area contributed by atoms with Crippen LogP contribution < -0.4 is 0 Å². The molecule has 1 amide bonds. The molecule has 0 radical (unpaired) electrons. The first-order chi connectivity index (χ1) is 15.0. The Bertz CT molecular complexity index is 1220. The lowest BCUT2D eigenvalue weighted by molar-refractivity contribution is 0.0267. The van der Waals surface area contributed by atoms with Gasteiger partial charge in [0.1, 0.15) is 5.60 Å². The molecule has 1 aliphatic heterocycles. The van der Waals surface area contributed by atoms with E-state index in [1.807, 2.05) is 39.1 Å². The van der Waals surface area contributed by atoms with E-state index in [2.05, 4.69) is 23.2 Å². The minimum atomic E-state index is -3.22. The van der Waals surface area contributed by atoms with Crippen molar-refractivity contribution >= 4 is 21.5 Å². The highest BCUT2D eigenvalue weighted by Crippen LogP contribution is 2.37. The molecule has 7 heteroatoms. The molecule has 2 aliphatic rings. The maximum Gasteiger partial charge on any atom is 0.410 e. The van der Waals surface area contributed by atoms with Gasteiger partial charge in [-0.2, -0.15) is 0 Å². The molecule has 2 heterocycles. The van der Waals surface area contributed by atoms with Crippen molar-refractivity contribution in [3.05, 3.63) is 65.5 Å². The van der Waals surface area contributed by atoms with Crippen LogP contribution in [0.3, 0.4) is 0 Å². The molecule has 6 nitrogen and oxygen atoms in total. The van der Waals surface area contributed by atoms with E-state index in [-0.39, 0.29) is 6.09 Å². The molecule has 1 aromatic carbocycles. The third-order valence-corrected chi connectivity index (χ3v) is 6.71. The van der Waals surface area contributed by atoms with Gasteiger partial charge in [0.2, 0.25) is 0 Å². The van der Waals surface area contributed by atoms with Gasteiger partial charge < -0.3 is 9.64 Å². The average Bonchev–Trinajstić information content (AvgIpc) is 3.15. The third-order valence-electron chi connectivity index (χ3n) is 5.58. The molecule has 0 N–H and O–H groups in total. The monoisotopic (exact) mass is 452 g/mol. The molecule has 0 saturated carbocycles. The van der Waals surface area contributed by atoms with Crippen LogP contribution in [0.4, 0.5) is 4.79 Å². The molecule has 32 heavy (non-hydrogen) atoms. The van der Waals surface area contributed by atoms with E-state index in [1.54, 1.807) is 17.0 Å². The fraction of sp³-hybridized carbons (Fsp3) is 0.360. The normalized spacial score (nSPS) is 16.3. The number of fused-ring (bicyclic) bond motifs is 1. The first kappa shape index (κ1) is 22.3. The lowest BCUT2D eigenvalue weighted by Gasteiger charge is -2.30. The Kier molecular flexibility index (Phi) is 5.71. The van der Waals surface area contributed by atoms with E-state index in [4.69, 9.17) is 4.74 Å². The number of carbonyl (C=O) groups excluding carboxylic acids is 1. The summed E-state index contributed by atoms with van der Waals surface area (Å²) in [5.41, 5.74) is 5.89. The highest BCUT2D eigenvalue weighted by molar-refractivity contribution is 7.90. The molecule has 0 fully saturated rings. The smallest absolute Gasteiger partial charge is 0.410 e. The molecule has 0 spiro atoms. The third kappa shape index (κ3) is 4.78. The molecule has 4 rings (SSSR count). The average molecular weight is 453 g/mol. The van der Waals surface area contributed by atoms with Crippen molar-refractivity contribution in [2.75, 3.05) is 19.3 Å². The van der Waals surface area contributed by atoms with Crippen molar-refractivity contribution in [3.8, 4) is 11.1 Å². The van der Waals surface area contributed by atoms with Crippen molar-refractivity contribution in [1.29, 1.82) is 0 Å². The van der Waals surface area contributed by atoms with Crippen molar-refractivity contribution in [1.82, 2.24) is 9.88 Å². The van der Waals surface area contributed by atoms with Crippen LogP contribution in [-0.4, -0.2) is 49.3 Å². The Morgan fingerprint density at radius 2 is 1.81 bits per heavy atom. The molecular formula is C25H28N2O4S. The Morgan fingerprint density at radius 3 is 2.41 bits per heavy atom. The largest absolute Gasteiger partial charge is 0.444 e. The predicted octanol–water partition coefficient (Wildman–Crippen LogP) is 4.66. The molecule has 0 bridgehead atoms. The molecule has 0 atom stereocenters. The Hall–Kier alpha value is -2.93. The van der Waals surface area contributed by atoms with Gasteiger partial charge in [-0.05, 0) is 62.1 Å². The molecule has 2 aromatic rings. The summed E-state index contributed by atoms with van der Waals surface area (Å²) in [5.74, 6) is 0. The summed E-state index contributed by atoms with van der Waals surface area (Å²) < 4.78 is 28.9. The number of pyridine rings is 1. The van der Waals surface area contributed by atoms with E-state index in [1.165, 1.54) is 17.4 Å². The first-order valence-electron chi connectivity index (χ1n) is 10.7. The van der Waals surface area contributed by atoms with Crippen molar-refractivity contribution in [2.45, 2.75) is 44.1 Å². The minimum absolute atomic E-state index is 0.282. The number of aromatic nitrogens is 1. The maximum atomic E-state index is 12.3. The zero-order valence-corrected chi connectivity index (χ0v) is 19.7. The van der Waals surface area contributed by atoms with Gasteiger partial charge in [0.15, 0.2) is 9.84 Å². The number of hydrogen-bond acceptors (Lipinski definition) is 5. The van der Waals surface area contributed by atoms with E-state index in [0.717, 1.165) is 35.2 Å². The number of amides is 1. The van der Waals surface area contributed by atoms with Crippen LogP contribution in [0.1, 0.15) is 38.4 Å². The summed E-state index contributed by atoms with van der Waals surface area (Å²) in [6.07, 6.45) is 8.60. The second-order valence-electron chi connectivity index (χ2n) is 9.24. The summed E-state index contributed by atoms with van der Waals surface area (Å²) in [6, 6.07) is 9.01. The van der Waals surface area contributed by atoms with E-state index < -0.39 is 15.4 Å². The number of nitrogens with zero attached hydrogens (tertiary/aromatic N) is 2. The highest BCUT2D eigenvalue weighted by atomic mass is 32.2. The Balaban J connectivity index is 1.54. The van der Waals surface area contributed by atoms with E-state index >= 15 is 0 Å². The number of benzene rings is 1. The molecule has 0 saturated heterocycles. The summed E-state index contributed by atoms with van der Waals surface area (Å²) in [7, 11) is -3.22. The second kappa shape index (κ2) is 8.20. The molecular weight excluding hydrogens is 424 g/mol. The lowest BCUT2D eigenvalue weighted by Crippen LogP contribution is -2.39. The molecule has 1 aromatic heterocycles. The summed E-state index contributed by atoms with van der Waals surface area (Å²) in [6.45, 7) is 6.76. The number of sulfone groups is 1. The Morgan fingerprint density at radius 1 is 1.09 bits per heavy atom. The van der Waals surface area contributed by atoms with Gasteiger partial charge in [-0.1, -0.05) is 24.3 Å². The quantitative estimate of drug-likeness (QED) is 0.677. The van der Waals surface area contributed by atoms with Gasteiger partial charge in [0, 0.05) is 43.1 Å². The van der Waals surface area contributed by atoms with Gasteiger partial charge in [-0.15, -0.1) is 0 Å². The van der Waals surface area contributed by atoms with Crippen LogP contribution in [-0.2, 0) is 21.0 Å².